The molecular formula is C5H12F3N2O4S2+. The van der Waals surface area contributed by atoms with Gasteiger partial charge in [0.15, 0.2) is 0 Å². The largest absolute Gasteiger partial charge is 1.00 e. The van der Waals surface area contributed by atoms with E-state index in [0.29, 0.717) is 8.43 Å². The van der Waals surface area contributed by atoms with E-state index in [0.717, 1.165) is 0 Å². The SMILES string of the molecule is CCN(CC)S(=O)(=O)NS(=O)(=O)C(F)(F)F.[H+]. The standard InChI is InChI=1S/C5H11F3N2O4S2/c1-3-10(4-2)16(13,14)9-15(11,12)5(6,7)8/h9H,3-4H2,1-2H3/p+1. The summed E-state index contributed by atoms with van der Waals surface area (Å²) in [6.45, 7) is 2.45. The fourth-order valence-corrected chi connectivity index (χ4v) is 3.39. The fourth-order valence-electron chi connectivity index (χ4n) is 0.802. The first-order valence-corrected chi connectivity index (χ1v) is 7.00. The lowest BCUT2D eigenvalue weighted by molar-refractivity contribution is -0.0441. The molecule has 0 rings (SSSR count). The van der Waals surface area contributed by atoms with E-state index < -0.39 is 25.7 Å². The topological polar surface area (TPSA) is 83.6 Å². The molecule has 6 nitrogen and oxygen atoms in total. The van der Waals surface area contributed by atoms with Crippen LogP contribution in [0, 0.1) is 0 Å². The van der Waals surface area contributed by atoms with Gasteiger partial charge in [-0.05, 0) is 0 Å². The molecule has 98 valence electrons. The molecule has 0 aromatic heterocycles. The molecule has 0 radical (unpaired) electrons. The summed E-state index contributed by atoms with van der Waals surface area (Å²) in [7, 11) is -10.6. The minimum absolute atomic E-state index is 0. The van der Waals surface area contributed by atoms with E-state index in [4.69, 9.17) is 0 Å². The molecule has 1 N–H and O–H groups in total. The molecule has 0 fully saturated rings. The lowest BCUT2D eigenvalue weighted by Crippen LogP contribution is -2.47. The monoisotopic (exact) mass is 285 g/mol. The van der Waals surface area contributed by atoms with Gasteiger partial charge in [-0.2, -0.15) is 25.9 Å². The van der Waals surface area contributed by atoms with E-state index in [9.17, 15) is 30.0 Å². The number of halogens is 3. The molecule has 0 saturated heterocycles. The summed E-state index contributed by atoms with van der Waals surface area (Å²) in [5, 5.41) is 0. The number of rotatable bonds is 5. The van der Waals surface area contributed by atoms with Crippen LogP contribution < -0.4 is 4.13 Å². The Morgan fingerprint density at radius 3 is 1.75 bits per heavy atom. The van der Waals surface area contributed by atoms with Crippen molar-refractivity contribution < 1.29 is 31.4 Å². The van der Waals surface area contributed by atoms with Crippen molar-refractivity contribution >= 4 is 20.2 Å². The third-order valence-corrected chi connectivity index (χ3v) is 5.09. The van der Waals surface area contributed by atoms with Gasteiger partial charge in [-0.1, -0.05) is 18.0 Å². The van der Waals surface area contributed by atoms with Gasteiger partial charge in [-0.3, -0.25) is 0 Å². The zero-order chi connectivity index (χ0) is 13.2. The van der Waals surface area contributed by atoms with Crippen molar-refractivity contribution in [3.8, 4) is 0 Å². The van der Waals surface area contributed by atoms with Crippen LogP contribution in [0.25, 0.3) is 0 Å². The third kappa shape index (κ3) is 3.57. The average molecular weight is 285 g/mol. The highest BCUT2D eigenvalue weighted by Crippen LogP contribution is 2.22. The molecule has 11 heteroatoms. The molecule has 0 aliphatic heterocycles. The number of sulfonamides is 1. The molecule has 0 aliphatic carbocycles. The van der Waals surface area contributed by atoms with Gasteiger partial charge in [0.25, 0.3) is 10.2 Å². The van der Waals surface area contributed by atoms with Crippen LogP contribution in [-0.4, -0.2) is 39.7 Å². The van der Waals surface area contributed by atoms with Gasteiger partial charge in [-0.25, -0.2) is 8.42 Å². The zero-order valence-corrected chi connectivity index (χ0v) is 10.1. The first-order chi connectivity index (χ1) is 6.98. The van der Waals surface area contributed by atoms with Crippen LogP contribution in [-0.2, 0) is 20.2 Å². The Kier molecular flexibility index (Phi) is 4.74. The summed E-state index contributed by atoms with van der Waals surface area (Å²) < 4.78 is 80.4. The Labute approximate surface area is 93.1 Å². The number of alkyl halides is 3. The van der Waals surface area contributed by atoms with Crippen LogP contribution in [0.3, 0.4) is 0 Å². The summed E-state index contributed by atoms with van der Waals surface area (Å²) in [5.41, 5.74) is -5.66. The van der Waals surface area contributed by atoms with Gasteiger partial charge < -0.3 is 0 Å². The lowest BCUT2D eigenvalue weighted by atomic mass is 10.7. The Hall–Kier alpha value is -0.390. The number of hydrogen-bond acceptors (Lipinski definition) is 4. The van der Waals surface area contributed by atoms with Crippen molar-refractivity contribution in [2.75, 3.05) is 13.1 Å². The highest BCUT2D eigenvalue weighted by atomic mass is 32.3. The smallest absolute Gasteiger partial charge is 0.202 e. The molecule has 16 heavy (non-hydrogen) atoms. The summed E-state index contributed by atoms with van der Waals surface area (Å²) >= 11 is 0. The van der Waals surface area contributed by atoms with Gasteiger partial charge in [0.2, 0.25) is 0 Å². The first kappa shape index (κ1) is 15.6. The van der Waals surface area contributed by atoms with E-state index in [-0.39, 0.29) is 14.5 Å². The van der Waals surface area contributed by atoms with Crippen LogP contribution in [0.5, 0.6) is 0 Å². The summed E-state index contributed by atoms with van der Waals surface area (Å²) in [6, 6.07) is 0. The molecule has 0 heterocycles. The van der Waals surface area contributed by atoms with Gasteiger partial charge in [0, 0.05) is 13.1 Å². The maximum Gasteiger partial charge on any atom is 1.00 e. The molecule has 0 bridgehead atoms. The van der Waals surface area contributed by atoms with Crippen LogP contribution in [0.4, 0.5) is 13.2 Å². The lowest BCUT2D eigenvalue weighted by Gasteiger charge is -2.19. The van der Waals surface area contributed by atoms with Crippen LogP contribution in [0.1, 0.15) is 15.3 Å². The Morgan fingerprint density at radius 1 is 1.12 bits per heavy atom. The second kappa shape index (κ2) is 4.85. The second-order valence-corrected chi connectivity index (χ2v) is 6.22. The maximum absolute atomic E-state index is 11.9. The molecule has 0 aromatic rings. The van der Waals surface area contributed by atoms with Crippen molar-refractivity contribution in [3.63, 3.8) is 0 Å². The van der Waals surface area contributed by atoms with Crippen LogP contribution >= 0.6 is 0 Å². The zero-order valence-electron chi connectivity index (χ0n) is 9.44. The minimum Gasteiger partial charge on any atom is -0.202 e. The predicted octanol–water partition coefficient (Wildman–Crippen LogP) is 0.125. The number of nitrogens with zero attached hydrogens (tertiary/aromatic N) is 1. The van der Waals surface area contributed by atoms with E-state index in [2.05, 4.69) is 0 Å². The quantitative estimate of drug-likeness (QED) is 0.778. The van der Waals surface area contributed by atoms with E-state index in [1.807, 2.05) is 0 Å². The minimum atomic E-state index is -5.90. The molecule has 0 spiro atoms. The molecule has 0 unspecified atom stereocenters. The molecule has 0 aliphatic rings. The van der Waals surface area contributed by atoms with Gasteiger partial charge in [0.1, 0.15) is 0 Å². The average Bonchev–Trinajstić information content (AvgIpc) is 2.00. The summed E-state index contributed by atoms with van der Waals surface area (Å²) in [5.74, 6) is 0. The third-order valence-electron chi connectivity index (χ3n) is 1.57. The number of nitrogens with one attached hydrogen (secondary N) is 1. The maximum atomic E-state index is 11.9. The first-order valence-electron chi connectivity index (χ1n) is 4.08. The van der Waals surface area contributed by atoms with E-state index in [1.54, 1.807) is 0 Å². The summed E-state index contributed by atoms with van der Waals surface area (Å²) in [4.78, 5) is 0. The van der Waals surface area contributed by atoms with Crippen molar-refractivity contribution in [3.05, 3.63) is 0 Å². The predicted molar refractivity (Wildman–Crippen MR) is 51.1 cm³/mol. The molecule has 0 amide bonds. The highest BCUT2D eigenvalue weighted by Gasteiger charge is 2.48. The van der Waals surface area contributed by atoms with Crippen molar-refractivity contribution in [1.29, 1.82) is 0 Å². The van der Waals surface area contributed by atoms with Crippen LogP contribution in [0.15, 0.2) is 0 Å². The van der Waals surface area contributed by atoms with Crippen molar-refractivity contribution in [2.45, 2.75) is 19.4 Å². The molecular weight excluding hydrogens is 273 g/mol. The number of hydrogen-bond donors (Lipinski definition) is 1. The van der Waals surface area contributed by atoms with Gasteiger partial charge >= 0.3 is 17.0 Å². The van der Waals surface area contributed by atoms with E-state index >= 15 is 0 Å². The Balaban J connectivity index is 0. The van der Waals surface area contributed by atoms with Crippen LogP contribution in [0.2, 0.25) is 0 Å². The van der Waals surface area contributed by atoms with Gasteiger partial charge in [0.05, 0.1) is 0 Å². The Bertz CT molecular complexity index is 429. The molecule has 0 atom stereocenters. The second-order valence-electron chi connectivity index (χ2n) is 2.62. The van der Waals surface area contributed by atoms with E-state index in [1.165, 1.54) is 13.8 Å². The van der Waals surface area contributed by atoms with Crippen molar-refractivity contribution in [1.82, 2.24) is 8.43 Å². The Morgan fingerprint density at radius 2 is 1.50 bits per heavy atom. The van der Waals surface area contributed by atoms with Gasteiger partial charge in [-0.15, -0.1) is 0 Å². The molecule has 0 aromatic carbocycles. The normalized spacial score (nSPS) is 14.4. The van der Waals surface area contributed by atoms with Crippen molar-refractivity contribution in [2.24, 2.45) is 0 Å². The summed E-state index contributed by atoms with van der Waals surface area (Å²) in [6.07, 6.45) is 0. The molecule has 0 saturated carbocycles. The fraction of sp³-hybridized carbons (Fsp3) is 1.00. The highest BCUT2D eigenvalue weighted by molar-refractivity contribution is 8.04.